The molecule has 7 heteroatoms. The highest BCUT2D eigenvalue weighted by molar-refractivity contribution is 6.22. The van der Waals surface area contributed by atoms with Crippen LogP contribution in [0, 0.1) is 31.6 Å². The smallest absolute Gasteiger partial charge is 0.316 e. The minimum atomic E-state index is -0.565. The zero-order valence-corrected chi connectivity index (χ0v) is 20.1. The van der Waals surface area contributed by atoms with Gasteiger partial charge in [0.2, 0.25) is 17.7 Å². The molecule has 0 aromatic heterocycles. The Kier molecular flexibility index (Phi) is 5.79. The first-order valence-corrected chi connectivity index (χ1v) is 12.0. The molecule has 2 aliphatic heterocycles. The van der Waals surface area contributed by atoms with Crippen LogP contribution in [-0.2, 0) is 19.2 Å². The summed E-state index contributed by atoms with van der Waals surface area (Å²) in [5.41, 5.74) is 4.19. The summed E-state index contributed by atoms with van der Waals surface area (Å²) in [5.74, 6) is -1.77. The van der Waals surface area contributed by atoms with Crippen LogP contribution in [0.25, 0.3) is 0 Å². The average molecular weight is 473 g/mol. The number of imide groups is 1. The number of allylic oxidation sites excluding steroid dienone is 2. The minimum Gasteiger partial charge on any atom is -0.426 e. The van der Waals surface area contributed by atoms with Crippen LogP contribution in [0.15, 0.2) is 54.1 Å². The molecule has 1 aliphatic carbocycles. The number of nitrogens with zero attached hydrogens (tertiary/aromatic N) is 2. The van der Waals surface area contributed by atoms with Gasteiger partial charge in [-0.25, -0.2) is 4.90 Å². The molecular weight excluding hydrogens is 444 g/mol. The fraction of sp³-hybridized carbons (Fsp3) is 0.357. The second-order valence-corrected chi connectivity index (χ2v) is 9.83. The van der Waals surface area contributed by atoms with Crippen molar-refractivity contribution >= 4 is 35.1 Å². The zero-order chi connectivity index (χ0) is 24.9. The van der Waals surface area contributed by atoms with E-state index in [1.807, 2.05) is 44.2 Å². The lowest BCUT2D eigenvalue weighted by Gasteiger charge is -2.19. The molecule has 7 nitrogen and oxygen atoms in total. The van der Waals surface area contributed by atoms with E-state index in [2.05, 4.69) is 0 Å². The van der Waals surface area contributed by atoms with Crippen molar-refractivity contribution in [3.8, 4) is 5.75 Å². The SMILES string of the molecule is CC1=CC[C@@H]2C(=O)N(c3ccc(OC(=O)[C@@H]4CC(=O)N(c5ccc(C)cc5)C4)cc3C)C(=O)[C@H]2C1. The van der Waals surface area contributed by atoms with Crippen LogP contribution in [0.5, 0.6) is 5.75 Å². The largest absolute Gasteiger partial charge is 0.426 e. The van der Waals surface area contributed by atoms with Crippen molar-refractivity contribution in [3.05, 3.63) is 65.2 Å². The Balaban J connectivity index is 1.28. The molecule has 0 unspecified atom stereocenters. The summed E-state index contributed by atoms with van der Waals surface area (Å²) in [5, 5.41) is 0. The van der Waals surface area contributed by atoms with Crippen LogP contribution in [-0.4, -0.2) is 30.2 Å². The quantitative estimate of drug-likeness (QED) is 0.289. The van der Waals surface area contributed by atoms with Gasteiger partial charge in [-0.05, 0) is 69.5 Å². The third-order valence-electron chi connectivity index (χ3n) is 7.25. The molecule has 0 spiro atoms. The van der Waals surface area contributed by atoms with E-state index < -0.39 is 11.9 Å². The van der Waals surface area contributed by atoms with Gasteiger partial charge in [0.1, 0.15) is 5.75 Å². The minimum absolute atomic E-state index is 0.0940. The Morgan fingerprint density at radius 2 is 1.63 bits per heavy atom. The van der Waals surface area contributed by atoms with Gasteiger partial charge in [0.15, 0.2) is 0 Å². The molecule has 0 bridgehead atoms. The third kappa shape index (κ3) is 4.16. The Bertz CT molecular complexity index is 1260. The Labute approximate surface area is 204 Å². The molecule has 2 aromatic carbocycles. The molecule has 2 fully saturated rings. The van der Waals surface area contributed by atoms with Gasteiger partial charge in [-0.2, -0.15) is 0 Å². The fourth-order valence-electron chi connectivity index (χ4n) is 5.26. The van der Waals surface area contributed by atoms with Gasteiger partial charge in [-0.1, -0.05) is 29.3 Å². The number of esters is 1. The summed E-state index contributed by atoms with van der Waals surface area (Å²) >= 11 is 0. The normalized spacial score (nSPS) is 24.0. The van der Waals surface area contributed by atoms with Gasteiger partial charge in [0, 0.05) is 18.7 Å². The standard InChI is InChI=1S/C28H28N2O5/c1-16-4-7-20(8-5-16)29-15-19(14-25(29)31)28(34)35-21-9-11-24(18(3)13-21)30-26(32)22-10-6-17(2)12-23(22)27(30)33/h4-9,11,13,19,22-23H,10,12,14-15H2,1-3H3/t19-,22+,23+/m1/s1. The summed E-state index contributed by atoms with van der Waals surface area (Å²) in [6, 6.07) is 12.5. The van der Waals surface area contributed by atoms with E-state index in [-0.39, 0.29) is 42.5 Å². The van der Waals surface area contributed by atoms with Gasteiger partial charge in [0.25, 0.3) is 0 Å². The monoisotopic (exact) mass is 472 g/mol. The fourth-order valence-corrected chi connectivity index (χ4v) is 5.26. The van der Waals surface area contributed by atoms with Gasteiger partial charge < -0.3 is 9.64 Å². The third-order valence-corrected chi connectivity index (χ3v) is 7.25. The number of hydrogen-bond acceptors (Lipinski definition) is 5. The number of rotatable bonds is 4. The van der Waals surface area contributed by atoms with Crippen molar-refractivity contribution in [2.45, 2.75) is 40.0 Å². The first-order chi connectivity index (χ1) is 16.7. The van der Waals surface area contributed by atoms with Crippen LogP contribution in [0.1, 0.15) is 37.3 Å². The first-order valence-electron chi connectivity index (χ1n) is 12.0. The molecule has 0 radical (unpaired) electrons. The Hall–Kier alpha value is -3.74. The second kappa shape index (κ2) is 8.80. The summed E-state index contributed by atoms with van der Waals surface area (Å²) in [4.78, 5) is 54.3. The van der Waals surface area contributed by atoms with E-state index in [4.69, 9.17) is 4.74 Å². The van der Waals surface area contributed by atoms with Crippen molar-refractivity contribution < 1.29 is 23.9 Å². The van der Waals surface area contributed by atoms with Crippen molar-refractivity contribution in [2.75, 3.05) is 16.3 Å². The van der Waals surface area contributed by atoms with Crippen LogP contribution in [0.2, 0.25) is 0 Å². The molecule has 5 rings (SSSR count). The van der Waals surface area contributed by atoms with E-state index >= 15 is 0 Å². The number of benzene rings is 2. The zero-order valence-electron chi connectivity index (χ0n) is 20.1. The van der Waals surface area contributed by atoms with E-state index in [9.17, 15) is 19.2 Å². The van der Waals surface area contributed by atoms with E-state index in [1.165, 1.54) is 4.90 Å². The second-order valence-electron chi connectivity index (χ2n) is 9.83. The highest BCUT2D eigenvalue weighted by Crippen LogP contribution is 2.41. The number of carbonyl (C=O) groups excluding carboxylic acids is 4. The summed E-state index contributed by atoms with van der Waals surface area (Å²) in [6.07, 6.45) is 3.34. The lowest BCUT2D eigenvalue weighted by Crippen LogP contribution is -2.31. The van der Waals surface area contributed by atoms with Crippen LogP contribution >= 0.6 is 0 Å². The Morgan fingerprint density at radius 3 is 2.34 bits per heavy atom. The van der Waals surface area contributed by atoms with Crippen LogP contribution < -0.4 is 14.5 Å². The summed E-state index contributed by atoms with van der Waals surface area (Å²) in [6.45, 7) is 6.02. The molecular formula is C28H28N2O5. The van der Waals surface area contributed by atoms with E-state index in [0.717, 1.165) is 16.8 Å². The number of carbonyl (C=O) groups is 4. The highest BCUT2D eigenvalue weighted by atomic mass is 16.5. The van der Waals surface area contributed by atoms with Crippen molar-refractivity contribution in [1.82, 2.24) is 0 Å². The van der Waals surface area contributed by atoms with E-state index in [1.54, 1.807) is 30.0 Å². The van der Waals surface area contributed by atoms with E-state index in [0.29, 0.717) is 29.8 Å². The lowest BCUT2D eigenvalue weighted by molar-refractivity contribution is -0.139. The topological polar surface area (TPSA) is 84.0 Å². The number of aryl methyl sites for hydroxylation is 2. The molecule has 2 aromatic rings. The number of ether oxygens (including phenoxy) is 1. The van der Waals surface area contributed by atoms with Gasteiger partial charge >= 0.3 is 5.97 Å². The molecule has 0 N–H and O–H groups in total. The molecule has 3 atom stereocenters. The molecule has 3 aliphatic rings. The van der Waals surface area contributed by atoms with Crippen LogP contribution in [0.3, 0.4) is 0 Å². The van der Waals surface area contributed by atoms with Gasteiger partial charge in [0.05, 0.1) is 23.4 Å². The van der Waals surface area contributed by atoms with Crippen molar-refractivity contribution in [2.24, 2.45) is 17.8 Å². The molecule has 180 valence electrons. The number of anilines is 2. The van der Waals surface area contributed by atoms with Gasteiger partial charge in [-0.3, -0.25) is 19.2 Å². The number of fused-ring (bicyclic) bond motifs is 1. The average Bonchev–Trinajstić information content (AvgIpc) is 3.32. The number of amides is 3. The predicted octanol–water partition coefficient (Wildman–Crippen LogP) is 4.11. The predicted molar refractivity (Wildman–Crippen MR) is 131 cm³/mol. The molecule has 0 saturated carbocycles. The molecule has 2 heterocycles. The summed E-state index contributed by atoms with van der Waals surface area (Å²) < 4.78 is 5.60. The highest BCUT2D eigenvalue weighted by Gasteiger charge is 2.49. The maximum atomic E-state index is 13.0. The first kappa shape index (κ1) is 23.0. The van der Waals surface area contributed by atoms with Crippen molar-refractivity contribution in [1.29, 1.82) is 0 Å². The van der Waals surface area contributed by atoms with Crippen LogP contribution in [0.4, 0.5) is 11.4 Å². The maximum Gasteiger partial charge on any atom is 0.316 e. The molecule has 35 heavy (non-hydrogen) atoms. The lowest BCUT2D eigenvalue weighted by atomic mass is 9.82. The molecule has 3 amide bonds. The molecule has 2 saturated heterocycles. The maximum absolute atomic E-state index is 13.0. The number of hydrogen-bond donors (Lipinski definition) is 0. The Morgan fingerprint density at radius 1 is 0.914 bits per heavy atom. The summed E-state index contributed by atoms with van der Waals surface area (Å²) in [7, 11) is 0. The van der Waals surface area contributed by atoms with Crippen molar-refractivity contribution in [3.63, 3.8) is 0 Å². The van der Waals surface area contributed by atoms with Gasteiger partial charge in [-0.15, -0.1) is 0 Å².